The second-order valence-electron chi connectivity index (χ2n) is 6.46. The number of amides is 2. The van der Waals surface area contributed by atoms with Gasteiger partial charge >= 0.3 is 12.0 Å². The molecule has 2 rings (SSSR count). The summed E-state index contributed by atoms with van der Waals surface area (Å²) in [6.45, 7) is 2.81. The van der Waals surface area contributed by atoms with E-state index in [9.17, 15) is 14.7 Å². The Labute approximate surface area is 120 Å². The number of nitrogens with one attached hydrogen (secondary N) is 2. The van der Waals surface area contributed by atoms with Crippen LogP contribution >= 0.6 is 0 Å². The number of carbonyl (C=O) groups excluding carboxylic acids is 1. The fourth-order valence-electron chi connectivity index (χ4n) is 3.41. The Kier molecular flexibility index (Phi) is 4.55. The molecule has 0 aromatic heterocycles. The molecule has 2 fully saturated rings. The van der Waals surface area contributed by atoms with Crippen LogP contribution in [0.3, 0.4) is 0 Å². The smallest absolute Gasteiger partial charge is 0.329 e. The van der Waals surface area contributed by atoms with Crippen molar-refractivity contribution in [3.05, 3.63) is 0 Å². The molecule has 5 nitrogen and oxygen atoms in total. The summed E-state index contributed by atoms with van der Waals surface area (Å²) in [6.07, 6.45) is 8.48. The number of aliphatic carboxylic acids is 1. The van der Waals surface area contributed by atoms with Gasteiger partial charge in [-0.15, -0.1) is 0 Å². The molecule has 0 heterocycles. The summed E-state index contributed by atoms with van der Waals surface area (Å²) in [4.78, 5) is 23.5. The van der Waals surface area contributed by atoms with Crippen molar-refractivity contribution in [3.8, 4) is 0 Å². The Balaban J connectivity index is 1.87. The van der Waals surface area contributed by atoms with Gasteiger partial charge in [0.1, 0.15) is 5.54 Å². The number of carbonyl (C=O) groups is 2. The molecule has 0 atom stereocenters. The van der Waals surface area contributed by atoms with E-state index in [1.54, 1.807) is 0 Å². The predicted molar refractivity (Wildman–Crippen MR) is 76.6 cm³/mol. The Morgan fingerprint density at radius 1 is 1.05 bits per heavy atom. The largest absolute Gasteiger partial charge is 0.480 e. The number of rotatable bonds is 5. The van der Waals surface area contributed by atoms with Crippen molar-refractivity contribution in [1.29, 1.82) is 0 Å². The number of hydrogen-bond acceptors (Lipinski definition) is 2. The fraction of sp³-hybridized carbons (Fsp3) is 0.867. The van der Waals surface area contributed by atoms with Crippen molar-refractivity contribution in [2.45, 2.75) is 70.3 Å². The van der Waals surface area contributed by atoms with E-state index in [0.717, 1.165) is 38.5 Å². The van der Waals surface area contributed by atoms with Crippen LogP contribution in [0.15, 0.2) is 0 Å². The SMILES string of the molecule is CCC1(CNC(=O)NC2(C(=O)O)CCCCC2)CCC1. The topological polar surface area (TPSA) is 78.4 Å². The van der Waals surface area contributed by atoms with Crippen molar-refractivity contribution in [1.82, 2.24) is 10.6 Å². The lowest BCUT2D eigenvalue weighted by atomic mass is 9.67. The molecule has 5 heteroatoms. The van der Waals surface area contributed by atoms with Gasteiger partial charge < -0.3 is 15.7 Å². The van der Waals surface area contributed by atoms with Gasteiger partial charge in [-0.3, -0.25) is 0 Å². The van der Waals surface area contributed by atoms with E-state index in [-0.39, 0.29) is 11.4 Å². The average Bonchev–Trinajstić information content (AvgIpc) is 2.39. The lowest BCUT2D eigenvalue weighted by molar-refractivity contribution is -0.145. The highest BCUT2D eigenvalue weighted by Gasteiger charge is 2.41. The maximum atomic E-state index is 12.0. The summed E-state index contributed by atoms with van der Waals surface area (Å²) in [7, 11) is 0. The van der Waals surface area contributed by atoms with Crippen molar-refractivity contribution < 1.29 is 14.7 Å². The average molecular weight is 282 g/mol. The quantitative estimate of drug-likeness (QED) is 0.725. The molecule has 0 spiro atoms. The molecule has 0 bridgehead atoms. The Hall–Kier alpha value is -1.26. The minimum atomic E-state index is -1.05. The zero-order valence-corrected chi connectivity index (χ0v) is 12.3. The van der Waals surface area contributed by atoms with Crippen LogP contribution < -0.4 is 10.6 Å². The van der Waals surface area contributed by atoms with E-state index in [1.807, 2.05) is 0 Å². The third-order valence-corrected chi connectivity index (χ3v) is 5.26. The third-order valence-electron chi connectivity index (χ3n) is 5.26. The van der Waals surface area contributed by atoms with Gasteiger partial charge in [0.2, 0.25) is 0 Å². The molecule has 0 saturated heterocycles. The van der Waals surface area contributed by atoms with Gasteiger partial charge in [0.15, 0.2) is 0 Å². The second-order valence-corrected chi connectivity index (χ2v) is 6.46. The molecular formula is C15H26N2O3. The van der Waals surface area contributed by atoms with Crippen LogP contribution in [0.2, 0.25) is 0 Å². The van der Waals surface area contributed by atoms with Crippen molar-refractivity contribution in [2.75, 3.05) is 6.54 Å². The van der Waals surface area contributed by atoms with E-state index in [4.69, 9.17) is 0 Å². The molecular weight excluding hydrogens is 256 g/mol. The van der Waals surface area contributed by atoms with E-state index in [1.165, 1.54) is 6.42 Å². The van der Waals surface area contributed by atoms with Crippen LogP contribution in [0.25, 0.3) is 0 Å². The van der Waals surface area contributed by atoms with Gasteiger partial charge in [0.25, 0.3) is 0 Å². The Morgan fingerprint density at radius 2 is 1.70 bits per heavy atom. The first-order valence-corrected chi connectivity index (χ1v) is 7.81. The normalized spacial score (nSPS) is 23.4. The molecule has 2 saturated carbocycles. The summed E-state index contributed by atoms with van der Waals surface area (Å²) >= 11 is 0. The molecule has 3 N–H and O–H groups in total. The zero-order valence-electron chi connectivity index (χ0n) is 12.3. The molecule has 2 aliphatic rings. The Bertz CT molecular complexity index is 366. The van der Waals surface area contributed by atoms with Crippen molar-refractivity contribution in [3.63, 3.8) is 0 Å². The first-order chi connectivity index (χ1) is 9.52. The molecule has 2 amide bonds. The fourth-order valence-corrected chi connectivity index (χ4v) is 3.41. The van der Waals surface area contributed by atoms with Gasteiger partial charge in [-0.2, -0.15) is 0 Å². The maximum Gasteiger partial charge on any atom is 0.329 e. The summed E-state index contributed by atoms with van der Waals surface area (Å²) in [6, 6.07) is -0.325. The van der Waals surface area contributed by atoms with Gasteiger partial charge in [-0.25, -0.2) is 9.59 Å². The highest BCUT2D eigenvalue weighted by Crippen LogP contribution is 2.43. The van der Waals surface area contributed by atoms with Crippen LogP contribution in [-0.2, 0) is 4.79 Å². The summed E-state index contributed by atoms with van der Waals surface area (Å²) in [5, 5.41) is 15.0. The lowest BCUT2D eigenvalue weighted by Gasteiger charge is -2.42. The van der Waals surface area contributed by atoms with Gasteiger partial charge in [0, 0.05) is 6.54 Å². The summed E-state index contributed by atoms with van der Waals surface area (Å²) < 4.78 is 0. The number of carboxylic acids is 1. The van der Waals surface area contributed by atoms with Crippen LogP contribution in [-0.4, -0.2) is 29.2 Å². The molecule has 114 valence electrons. The Morgan fingerprint density at radius 3 is 2.15 bits per heavy atom. The van der Waals surface area contributed by atoms with Gasteiger partial charge in [-0.1, -0.05) is 32.6 Å². The van der Waals surface area contributed by atoms with E-state index in [2.05, 4.69) is 17.6 Å². The molecule has 2 aliphatic carbocycles. The van der Waals surface area contributed by atoms with E-state index < -0.39 is 11.5 Å². The van der Waals surface area contributed by atoms with Crippen molar-refractivity contribution >= 4 is 12.0 Å². The number of hydrogen-bond donors (Lipinski definition) is 3. The number of urea groups is 1. The zero-order chi connectivity index (χ0) is 14.6. The third kappa shape index (κ3) is 3.07. The van der Waals surface area contributed by atoms with Gasteiger partial charge in [0.05, 0.1) is 0 Å². The maximum absolute atomic E-state index is 12.0. The standard InChI is InChI=1S/C15H26N2O3/c1-2-14(7-6-8-14)11-16-13(20)17-15(12(18)19)9-4-3-5-10-15/h2-11H2,1H3,(H,18,19)(H2,16,17,20). The molecule has 0 aliphatic heterocycles. The van der Waals surface area contributed by atoms with Crippen LogP contribution in [0, 0.1) is 5.41 Å². The lowest BCUT2D eigenvalue weighted by Crippen LogP contribution is -2.59. The van der Waals surface area contributed by atoms with Crippen molar-refractivity contribution in [2.24, 2.45) is 5.41 Å². The van der Waals surface area contributed by atoms with E-state index >= 15 is 0 Å². The van der Waals surface area contributed by atoms with E-state index in [0.29, 0.717) is 19.4 Å². The first kappa shape index (κ1) is 15.1. The summed E-state index contributed by atoms with van der Waals surface area (Å²) in [5.74, 6) is -0.902. The monoisotopic (exact) mass is 282 g/mol. The minimum absolute atomic E-state index is 0.250. The molecule has 0 unspecified atom stereocenters. The second kappa shape index (κ2) is 6.02. The van der Waals surface area contributed by atoms with Crippen LogP contribution in [0.4, 0.5) is 4.79 Å². The van der Waals surface area contributed by atoms with Crippen LogP contribution in [0.5, 0.6) is 0 Å². The molecule has 0 radical (unpaired) electrons. The first-order valence-electron chi connectivity index (χ1n) is 7.81. The highest BCUT2D eigenvalue weighted by molar-refractivity contribution is 5.86. The number of carboxylic acid groups (broad SMARTS) is 1. The summed E-state index contributed by atoms with van der Waals surface area (Å²) in [5.41, 5.74) is -0.804. The van der Waals surface area contributed by atoms with Crippen LogP contribution in [0.1, 0.15) is 64.7 Å². The molecule has 20 heavy (non-hydrogen) atoms. The van der Waals surface area contributed by atoms with Gasteiger partial charge in [-0.05, 0) is 37.5 Å². The molecule has 0 aromatic carbocycles. The minimum Gasteiger partial charge on any atom is -0.480 e. The molecule has 0 aromatic rings. The predicted octanol–water partition coefficient (Wildman–Crippen LogP) is 2.65. The highest BCUT2D eigenvalue weighted by atomic mass is 16.4.